The number of alkyl halides is 3. The van der Waals surface area contributed by atoms with Gasteiger partial charge < -0.3 is 4.57 Å². The molecule has 0 fully saturated rings. The Hall–Kier alpha value is -1.33. The van der Waals surface area contributed by atoms with Crippen LogP contribution in [0.4, 0.5) is 17.6 Å². The normalized spacial score (nSPS) is 11.8. The van der Waals surface area contributed by atoms with Crippen molar-refractivity contribution in [2.45, 2.75) is 19.6 Å². The summed E-state index contributed by atoms with van der Waals surface area (Å²) in [4.78, 5) is 11.0. The summed E-state index contributed by atoms with van der Waals surface area (Å²) in [5, 5.41) is 0. The monoisotopic (exact) mass is 209 g/mol. The summed E-state index contributed by atoms with van der Waals surface area (Å²) in [6.07, 6.45) is -3.60. The van der Waals surface area contributed by atoms with E-state index in [0.29, 0.717) is 4.57 Å². The zero-order chi connectivity index (χ0) is 10.9. The second kappa shape index (κ2) is 3.43. The molecular formula is C8H7F4NO. The van der Waals surface area contributed by atoms with Gasteiger partial charge in [-0.25, -0.2) is 4.39 Å². The SMILES string of the molecule is Cc1ccn(CC(F)(F)F)c(=O)c1F. The van der Waals surface area contributed by atoms with E-state index in [9.17, 15) is 22.4 Å². The van der Waals surface area contributed by atoms with Crippen LogP contribution >= 0.6 is 0 Å². The maximum absolute atomic E-state index is 12.9. The Morgan fingerprint density at radius 2 is 2.00 bits per heavy atom. The Bertz CT molecular complexity index is 393. The molecule has 0 spiro atoms. The van der Waals surface area contributed by atoms with Crippen molar-refractivity contribution in [3.05, 3.63) is 34.0 Å². The molecule has 0 saturated heterocycles. The highest BCUT2D eigenvalue weighted by molar-refractivity contribution is 5.11. The fraction of sp³-hybridized carbons (Fsp3) is 0.375. The number of aromatic nitrogens is 1. The van der Waals surface area contributed by atoms with E-state index in [-0.39, 0.29) is 5.56 Å². The van der Waals surface area contributed by atoms with Gasteiger partial charge in [-0.2, -0.15) is 13.2 Å². The number of nitrogens with zero attached hydrogens (tertiary/aromatic N) is 1. The Balaban J connectivity index is 3.13. The molecule has 0 radical (unpaired) electrons. The van der Waals surface area contributed by atoms with Crippen molar-refractivity contribution in [1.29, 1.82) is 0 Å². The van der Waals surface area contributed by atoms with Crippen molar-refractivity contribution in [3.8, 4) is 0 Å². The molecule has 78 valence electrons. The van der Waals surface area contributed by atoms with E-state index in [1.54, 1.807) is 0 Å². The molecule has 0 aliphatic rings. The van der Waals surface area contributed by atoms with Crippen LogP contribution in [-0.4, -0.2) is 10.7 Å². The van der Waals surface area contributed by atoms with Crippen LogP contribution in [-0.2, 0) is 6.54 Å². The molecule has 0 saturated carbocycles. The van der Waals surface area contributed by atoms with Gasteiger partial charge in [-0.05, 0) is 18.6 Å². The van der Waals surface area contributed by atoms with E-state index in [4.69, 9.17) is 0 Å². The van der Waals surface area contributed by atoms with Crippen LogP contribution in [0.5, 0.6) is 0 Å². The van der Waals surface area contributed by atoms with Crippen molar-refractivity contribution in [3.63, 3.8) is 0 Å². The van der Waals surface area contributed by atoms with Gasteiger partial charge in [0.1, 0.15) is 6.54 Å². The number of hydrogen-bond donors (Lipinski definition) is 0. The van der Waals surface area contributed by atoms with Crippen LogP contribution in [0.15, 0.2) is 17.1 Å². The predicted molar refractivity (Wildman–Crippen MR) is 41.5 cm³/mol. The molecule has 1 heterocycles. The minimum absolute atomic E-state index is 0.0356. The number of hydrogen-bond acceptors (Lipinski definition) is 1. The third-order valence-electron chi connectivity index (χ3n) is 1.65. The molecular weight excluding hydrogens is 202 g/mol. The minimum Gasteiger partial charge on any atom is -0.304 e. The smallest absolute Gasteiger partial charge is 0.304 e. The number of rotatable bonds is 1. The van der Waals surface area contributed by atoms with E-state index in [1.807, 2.05) is 0 Å². The molecule has 2 nitrogen and oxygen atoms in total. The van der Waals surface area contributed by atoms with Gasteiger partial charge in [-0.15, -0.1) is 0 Å². The molecule has 0 N–H and O–H groups in total. The van der Waals surface area contributed by atoms with E-state index < -0.39 is 24.1 Å². The first-order valence-electron chi connectivity index (χ1n) is 3.73. The van der Waals surface area contributed by atoms with E-state index in [2.05, 4.69) is 0 Å². The number of aryl methyl sites for hydroxylation is 1. The molecule has 0 amide bonds. The van der Waals surface area contributed by atoms with Crippen molar-refractivity contribution < 1.29 is 17.6 Å². The lowest BCUT2D eigenvalue weighted by Gasteiger charge is -2.09. The molecule has 0 unspecified atom stereocenters. The van der Waals surface area contributed by atoms with E-state index >= 15 is 0 Å². The molecule has 14 heavy (non-hydrogen) atoms. The second-order valence-corrected chi connectivity index (χ2v) is 2.86. The fourth-order valence-electron chi connectivity index (χ4n) is 0.955. The maximum atomic E-state index is 12.9. The van der Waals surface area contributed by atoms with Gasteiger partial charge in [0.05, 0.1) is 0 Å². The van der Waals surface area contributed by atoms with Gasteiger partial charge >= 0.3 is 6.18 Å². The largest absolute Gasteiger partial charge is 0.406 e. The average Bonchev–Trinajstić information content (AvgIpc) is 2.04. The third-order valence-corrected chi connectivity index (χ3v) is 1.65. The Kier molecular flexibility index (Phi) is 2.64. The molecule has 0 atom stereocenters. The summed E-state index contributed by atoms with van der Waals surface area (Å²) >= 11 is 0. The van der Waals surface area contributed by atoms with Gasteiger partial charge in [-0.1, -0.05) is 0 Å². The van der Waals surface area contributed by atoms with Crippen molar-refractivity contribution in [2.24, 2.45) is 0 Å². The van der Waals surface area contributed by atoms with Gasteiger partial charge in [-0.3, -0.25) is 4.79 Å². The van der Waals surface area contributed by atoms with Crippen molar-refractivity contribution in [2.75, 3.05) is 0 Å². The lowest BCUT2D eigenvalue weighted by molar-refractivity contribution is -0.141. The number of halogens is 4. The maximum Gasteiger partial charge on any atom is 0.406 e. The molecule has 6 heteroatoms. The molecule has 1 aromatic heterocycles. The Morgan fingerprint density at radius 1 is 1.43 bits per heavy atom. The van der Waals surface area contributed by atoms with Crippen LogP contribution < -0.4 is 5.56 Å². The first kappa shape index (κ1) is 10.7. The Labute approximate surface area is 76.8 Å². The summed E-state index contributed by atoms with van der Waals surface area (Å²) in [7, 11) is 0. The molecule has 0 bridgehead atoms. The molecule has 1 aromatic rings. The van der Waals surface area contributed by atoms with Gasteiger partial charge in [0.15, 0.2) is 5.82 Å². The summed E-state index contributed by atoms with van der Waals surface area (Å²) in [5.41, 5.74) is -1.21. The van der Waals surface area contributed by atoms with Gasteiger partial charge in [0, 0.05) is 6.20 Å². The Morgan fingerprint density at radius 3 is 2.50 bits per heavy atom. The second-order valence-electron chi connectivity index (χ2n) is 2.86. The third kappa shape index (κ3) is 2.34. The van der Waals surface area contributed by atoms with Gasteiger partial charge in [0.2, 0.25) is 0 Å². The minimum atomic E-state index is -4.52. The summed E-state index contributed by atoms with van der Waals surface area (Å²) < 4.78 is 48.8. The lowest BCUT2D eigenvalue weighted by Crippen LogP contribution is -2.29. The van der Waals surface area contributed by atoms with Crippen LogP contribution in [0.3, 0.4) is 0 Å². The highest BCUT2D eigenvalue weighted by Gasteiger charge is 2.28. The van der Waals surface area contributed by atoms with E-state index in [0.717, 1.165) is 12.3 Å². The topological polar surface area (TPSA) is 22.0 Å². The van der Waals surface area contributed by atoms with Gasteiger partial charge in [0.25, 0.3) is 5.56 Å². The fourth-order valence-corrected chi connectivity index (χ4v) is 0.955. The van der Waals surface area contributed by atoms with Crippen LogP contribution in [0.1, 0.15) is 5.56 Å². The average molecular weight is 209 g/mol. The lowest BCUT2D eigenvalue weighted by atomic mass is 10.3. The van der Waals surface area contributed by atoms with Crippen LogP contribution in [0, 0.1) is 12.7 Å². The van der Waals surface area contributed by atoms with E-state index in [1.165, 1.54) is 6.92 Å². The predicted octanol–water partition coefficient (Wildman–Crippen LogP) is 1.86. The summed E-state index contributed by atoms with van der Waals surface area (Å²) in [5.74, 6) is -1.14. The molecule has 0 aliphatic carbocycles. The van der Waals surface area contributed by atoms with Crippen LogP contribution in [0.2, 0.25) is 0 Å². The molecule has 0 aromatic carbocycles. The highest BCUT2D eigenvalue weighted by Crippen LogP contribution is 2.16. The summed E-state index contributed by atoms with van der Waals surface area (Å²) in [6, 6.07) is 1.13. The van der Waals surface area contributed by atoms with Crippen molar-refractivity contribution in [1.82, 2.24) is 4.57 Å². The zero-order valence-electron chi connectivity index (χ0n) is 7.23. The molecule has 1 rings (SSSR count). The first-order valence-corrected chi connectivity index (χ1v) is 3.73. The summed E-state index contributed by atoms with van der Waals surface area (Å²) in [6.45, 7) is -0.155. The van der Waals surface area contributed by atoms with Crippen molar-refractivity contribution >= 4 is 0 Å². The first-order chi connectivity index (χ1) is 6.31. The quantitative estimate of drug-likeness (QED) is 0.647. The molecule has 0 aliphatic heterocycles. The highest BCUT2D eigenvalue weighted by atomic mass is 19.4. The zero-order valence-corrected chi connectivity index (χ0v) is 7.23. The van der Waals surface area contributed by atoms with Crippen LogP contribution in [0.25, 0.3) is 0 Å². The number of pyridine rings is 1. The standard InChI is InChI=1S/C8H7F4NO/c1-5-2-3-13(4-8(10,11)12)7(14)6(5)9/h2-3H,4H2,1H3.